The van der Waals surface area contributed by atoms with E-state index in [0.29, 0.717) is 34.6 Å². The summed E-state index contributed by atoms with van der Waals surface area (Å²) >= 11 is 7.38. The van der Waals surface area contributed by atoms with Gasteiger partial charge in [-0.1, -0.05) is 18.0 Å². The van der Waals surface area contributed by atoms with E-state index < -0.39 is 21.7 Å². The lowest BCUT2D eigenvalue weighted by Crippen LogP contribution is -2.30. The molecule has 0 radical (unpaired) electrons. The molecule has 0 unspecified atom stereocenters. The molecule has 1 aromatic heterocycles. The van der Waals surface area contributed by atoms with Gasteiger partial charge in [0, 0.05) is 28.7 Å². The molecule has 4 rings (SSSR count). The average molecular weight is 480 g/mol. The average Bonchev–Trinajstić information content (AvgIpc) is 2.89. The third-order valence-electron chi connectivity index (χ3n) is 4.85. The number of hydrogen-bond acceptors (Lipinski definition) is 5. The number of thiophene rings is 1. The first-order chi connectivity index (χ1) is 14.8. The number of aliphatic imine (C=N–C) groups is 1. The highest BCUT2D eigenvalue weighted by Gasteiger charge is 2.19. The molecule has 2 aromatic carbocycles. The van der Waals surface area contributed by atoms with Crippen molar-refractivity contribution in [2.24, 2.45) is 4.99 Å². The Morgan fingerprint density at radius 1 is 1.10 bits per heavy atom. The van der Waals surface area contributed by atoms with E-state index in [1.807, 2.05) is 0 Å². The molecule has 31 heavy (non-hydrogen) atoms. The topological polar surface area (TPSA) is 87.6 Å². The number of amidine groups is 1. The Labute approximate surface area is 188 Å². The molecule has 162 valence electrons. The second kappa shape index (κ2) is 8.94. The van der Waals surface area contributed by atoms with Crippen LogP contribution >= 0.6 is 22.9 Å². The Kier molecular flexibility index (Phi) is 6.27. The zero-order valence-corrected chi connectivity index (χ0v) is 18.7. The van der Waals surface area contributed by atoms with Gasteiger partial charge in [-0.3, -0.25) is 14.5 Å². The quantitative estimate of drug-likeness (QED) is 0.539. The van der Waals surface area contributed by atoms with Crippen LogP contribution in [0.1, 0.15) is 35.4 Å². The minimum absolute atomic E-state index is 0.0767. The molecule has 3 aromatic rings. The van der Waals surface area contributed by atoms with Gasteiger partial charge in [-0.05, 0) is 55.3 Å². The predicted molar refractivity (Wildman–Crippen MR) is 122 cm³/mol. The monoisotopic (exact) mass is 479 g/mol. The fraction of sp³-hybridized carbons (Fsp3) is 0.238. The van der Waals surface area contributed by atoms with Crippen LogP contribution in [0.15, 0.2) is 52.4 Å². The van der Waals surface area contributed by atoms with Gasteiger partial charge in [0.1, 0.15) is 16.5 Å². The molecule has 10 heteroatoms. The number of anilines is 1. The van der Waals surface area contributed by atoms with Gasteiger partial charge in [-0.2, -0.15) is 0 Å². The van der Waals surface area contributed by atoms with E-state index in [1.54, 1.807) is 0 Å². The maximum atomic E-state index is 13.4. The van der Waals surface area contributed by atoms with Gasteiger partial charge in [0.2, 0.25) is 0 Å². The molecule has 0 aliphatic carbocycles. The van der Waals surface area contributed by atoms with Gasteiger partial charge in [0.25, 0.3) is 15.9 Å². The molecule has 0 atom stereocenters. The summed E-state index contributed by atoms with van der Waals surface area (Å²) in [6.45, 7) is 0.621. The van der Waals surface area contributed by atoms with E-state index in [9.17, 15) is 17.6 Å². The number of rotatable bonds is 4. The Morgan fingerprint density at radius 2 is 1.87 bits per heavy atom. The van der Waals surface area contributed by atoms with Gasteiger partial charge in [0.05, 0.1) is 9.92 Å². The number of amides is 1. The first-order valence-corrected chi connectivity index (χ1v) is 12.4. The molecular formula is C21H19ClFN3O3S2. The Bertz CT molecular complexity index is 1270. The molecule has 0 fully saturated rings. The summed E-state index contributed by atoms with van der Waals surface area (Å²) in [5, 5.41) is 3.56. The first-order valence-electron chi connectivity index (χ1n) is 9.68. The van der Waals surface area contributed by atoms with Gasteiger partial charge in [-0.15, -0.1) is 11.3 Å². The van der Waals surface area contributed by atoms with Crippen LogP contribution in [0.2, 0.25) is 5.02 Å². The Morgan fingerprint density at radius 3 is 2.65 bits per heavy atom. The van der Waals surface area contributed by atoms with E-state index in [2.05, 4.69) is 15.0 Å². The zero-order valence-electron chi connectivity index (χ0n) is 16.3. The highest BCUT2D eigenvalue weighted by Crippen LogP contribution is 2.36. The summed E-state index contributed by atoms with van der Waals surface area (Å²) in [7, 11) is -3.75. The number of hydrogen-bond donors (Lipinski definition) is 2. The molecule has 0 bridgehead atoms. The molecule has 2 heterocycles. The smallest absolute Gasteiger partial charge is 0.267 e. The van der Waals surface area contributed by atoms with Gasteiger partial charge >= 0.3 is 0 Å². The van der Waals surface area contributed by atoms with Crippen molar-refractivity contribution in [2.75, 3.05) is 11.9 Å². The van der Waals surface area contributed by atoms with E-state index >= 15 is 0 Å². The maximum absolute atomic E-state index is 13.4. The van der Waals surface area contributed by atoms with Gasteiger partial charge in [0.15, 0.2) is 0 Å². The number of halogens is 2. The second-order valence-electron chi connectivity index (χ2n) is 7.11. The predicted octanol–water partition coefficient (Wildman–Crippen LogP) is 5.20. The summed E-state index contributed by atoms with van der Waals surface area (Å²) in [5.41, 5.74) is 0.412. The molecule has 0 saturated heterocycles. The van der Waals surface area contributed by atoms with E-state index in [0.717, 1.165) is 30.6 Å². The normalized spacial score (nSPS) is 14.7. The number of fused-ring (bicyclic) bond motifs is 1. The van der Waals surface area contributed by atoms with Crippen LogP contribution < -0.4 is 10.0 Å². The van der Waals surface area contributed by atoms with Crippen molar-refractivity contribution >= 4 is 60.5 Å². The lowest BCUT2D eigenvalue weighted by molar-refractivity contribution is 0.103. The highest BCUT2D eigenvalue weighted by atomic mass is 35.5. The van der Waals surface area contributed by atoms with Crippen molar-refractivity contribution in [2.45, 2.75) is 30.6 Å². The number of benzene rings is 2. The second-order valence-corrected chi connectivity index (χ2v) is 10.2. The third-order valence-corrected chi connectivity index (χ3v) is 7.90. The third kappa shape index (κ3) is 4.89. The van der Waals surface area contributed by atoms with E-state index in [1.165, 1.54) is 42.5 Å². The first kappa shape index (κ1) is 21.7. The van der Waals surface area contributed by atoms with E-state index in [4.69, 9.17) is 11.6 Å². The van der Waals surface area contributed by atoms with Gasteiger partial charge in [-0.25, -0.2) is 12.8 Å². The molecule has 0 spiro atoms. The van der Waals surface area contributed by atoms with Crippen molar-refractivity contribution in [1.29, 1.82) is 0 Å². The minimum Gasteiger partial charge on any atom is -0.321 e. The molecule has 1 aliphatic rings. The molecule has 1 aliphatic heterocycles. The maximum Gasteiger partial charge on any atom is 0.267 e. The van der Waals surface area contributed by atoms with Crippen LogP contribution in [0.5, 0.6) is 0 Å². The minimum atomic E-state index is -3.75. The SMILES string of the molecule is O=C(Nc1ccc(S(=O)(=O)NC2=NCCCCC2)cc1)c1sc2cc(F)ccc2c1Cl. The lowest BCUT2D eigenvalue weighted by atomic mass is 10.2. The number of nitrogens with one attached hydrogen (secondary N) is 2. The van der Waals surface area contributed by atoms with Crippen LogP contribution in [-0.2, 0) is 10.0 Å². The zero-order chi connectivity index (χ0) is 22.0. The summed E-state index contributed by atoms with van der Waals surface area (Å²) in [4.78, 5) is 17.3. The standard InChI is InChI=1S/C21H19ClFN3O3S2/c22-19-16-10-5-13(23)12-17(16)30-20(19)21(27)25-14-6-8-15(9-7-14)31(28,29)26-18-4-2-1-3-11-24-18/h5-10,12H,1-4,11H2,(H,24,26)(H,25,27). The number of sulfonamides is 1. The number of carbonyl (C=O) groups is 1. The fourth-order valence-corrected chi connectivity index (χ4v) is 5.79. The lowest BCUT2D eigenvalue weighted by Gasteiger charge is -2.10. The van der Waals surface area contributed by atoms with Crippen molar-refractivity contribution in [1.82, 2.24) is 4.72 Å². The summed E-state index contributed by atoms with van der Waals surface area (Å²) in [5.74, 6) is -0.378. The summed E-state index contributed by atoms with van der Waals surface area (Å²) in [6, 6.07) is 9.98. The van der Waals surface area contributed by atoms with Crippen LogP contribution in [-0.4, -0.2) is 26.7 Å². The van der Waals surface area contributed by atoms with Crippen molar-refractivity contribution in [3.8, 4) is 0 Å². The molecule has 2 N–H and O–H groups in total. The van der Waals surface area contributed by atoms with Crippen LogP contribution in [0, 0.1) is 5.82 Å². The molecule has 6 nitrogen and oxygen atoms in total. The van der Waals surface area contributed by atoms with Crippen LogP contribution in [0.25, 0.3) is 10.1 Å². The van der Waals surface area contributed by atoms with Crippen molar-refractivity contribution in [3.05, 3.63) is 58.2 Å². The summed E-state index contributed by atoms with van der Waals surface area (Å²) < 4.78 is 41.8. The fourth-order valence-electron chi connectivity index (χ4n) is 3.26. The molecule has 1 amide bonds. The van der Waals surface area contributed by atoms with Crippen molar-refractivity contribution in [3.63, 3.8) is 0 Å². The molecular weight excluding hydrogens is 461 g/mol. The molecule has 0 saturated carbocycles. The van der Waals surface area contributed by atoms with Crippen LogP contribution in [0.3, 0.4) is 0 Å². The summed E-state index contributed by atoms with van der Waals surface area (Å²) in [6.07, 6.45) is 3.49. The van der Waals surface area contributed by atoms with Gasteiger partial charge < -0.3 is 5.32 Å². The largest absolute Gasteiger partial charge is 0.321 e. The number of carbonyl (C=O) groups excluding carboxylic acids is 1. The number of nitrogens with zero attached hydrogens (tertiary/aromatic N) is 1. The van der Waals surface area contributed by atoms with Crippen molar-refractivity contribution < 1.29 is 17.6 Å². The Hall–Kier alpha value is -2.49. The van der Waals surface area contributed by atoms with Crippen LogP contribution in [0.4, 0.5) is 10.1 Å². The van der Waals surface area contributed by atoms with E-state index in [-0.39, 0.29) is 14.8 Å². The highest BCUT2D eigenvalue weighted by molar-refractivity contribution is 7.90. The Balaban J connectivity index is 1.49.